The molecule has 0 aromatic heterocycles. The van der Waals surface area contributed by atoms with E-state index in [4.69, 9.17) is 10.5 Å². The summed E-state index contributed by atoms with van der Waals surface area (Å²) in [4.78, 5) is 27.4. The number of methoxy groups -OCH3 is 1. The van der Waals surface area contributed by atoms with Gasteiger partial charge in [0.05, 0.1) is 24.9 Å². The molecule has 2 amide bonds. The number of rotatable bonds is 6. The molecule has 5 rings (SSSR count). The molecule has 0 bridgehead atoms. The van der Waals surface area contributed by atoms with Crippen LogP contribution in [0.5, 0.6) is 5.75 Å². The summed E-state index contributed by atoms with van der Waals surface area (Å²) in [6, 6.07) is 23.1. The van der Waals surface area contributed by atoms with E-state index in [-0.39, 0.29) is 17.7 Å². The lowest BCUT2D eigenvalue weighted by Crippen LogP contribution is -2.46. The highest BCUT2D eigenvalue weighted by atomic mass is 16.5. The first-order valence-corrected chi connectivity index (χ1v) is 13.5. The van der Waals surface area contributed by atoms with Gasteiger partial charge in [0.2, 0.25) is 5.91 Å². The molecule has 0 aliphatic carbocycles. The second kappa shape index (κ2) is 11.4. The van der Waals surface area contributed by atoms with Gasteiger partial charge in [-0.25, -0.2) is 4.79 Å². The van der Waals surface area contributed by atoms with Crippen LogP contribution < -0.4 is 16.0 Å². The van der Waals surface area contributed by atoms with Crippen molar-refractivity contribution in [2.24, 2.45) is 5.73 Å². The van der Waals surface area contributed by atoms with Crippen LogP contribution in [0.2, 0.25) is 0 Å². The van der Waals surface area contributed by atoms with Crippen LogP contribution in [-0.4, -0.2) is 36.8 Å². The monoisotopic (exact) mass is 537 g/mol. The van der Waals surface area contributed by atoms with Crippen molar-refractivity contribution < 1.29 is 19.4 Å². The van der Waals surface area contributed by atoms with Gasteiger partial charge in [-0.1, -0.05) is 54.6 Å². The summed E-state index contributed by atoms with van der Waals surface area (Å²) in [6.07, 6.45) is 1.19. The molecule has 0 spiro atoms. The first-order valence-electron chi connectivity index (χ1n) is 13.5. The van der Waals surface area contributed by atoms with Crippen LogP contribution in [0.1, 0.15) is 45.8 Å². The van der Waals surface area contributed by atoms with Crippen LogP contribution in [0, 0.1) is 13.8 Å². The molecule has 1 aliphatic heterocycles. The molecule has 0 unspecified atom stereocenters. The Morgan fingerprint density at radius 3 is 2.40 bits per heavy atom. The second-order valence-electron chi connectivity index (χ2n) is 10.6. The number of aryl methyl sites for hydroxylation is 2. The van der Waals surface area contributed by atoms with Gasteiger partial charge >= 0.3 is 6.09 Å². The topological polar surface area (TPSA) is 105 Å². The molecule has 7 nitrogen and oxygen atoms in total. The van der Waals surface area contributed by atoms with Crippen molar-refractivity contribution in [2.75, 3.05) is 18.6 Å². The number of benzene rings is 4. The quantitative estimate of drug-likeness (QED) is 0.303. The van der Waals surface area contributed by atoms with Gasteiger partial charge in [-0.05, 0) is 95.5 Å². The van der Waals surface area contributed by atoms with Crippen LogP contribution in [0.25, 0.3) is 10.8 Å². The lowest BCUT2D eigenvalue weighted by Gasteiger charge is -2.34. The van der Waals surface area contributed by atoms with Crippen molar-refractivity contribution in [2.45, 2.75) is 45.2 Å². The third-order valence-corrected chi connectivity index (χ3v) is 7.77. The Hall–Kier alpha value is -4.36. The van der Waals surface area contributed by atoms with E-state index in [0.717, 1.165) is 39.9 Å². The minimum atomic E-state index is -0.759. The number of carbonyl (C=O) groups excluding carboxylic acids is 2. The van der Waals surface area contributed by atoms with Gasteiger partial charge in [-0.2, -0.15) is 0 Å². The first kappa shape index (κ1) is 27.2. The minimum absolute atomic E-state index is 0.199. The summed E-state index contributed by atoms with van der Waals surface area (Å²) in [5.41, 5.74) is 13.0. The van der Waals surface area contributed by atoms with Crippen molar-refractivity contribution >= 4 is 28.5 Å². The molecule has 0 saturated heterocycles. The summed E-state index contributed by atoms with van der Waals surface area (Å²) < 4.78 is 5.03. The Morgan fingerprint density at radius 1 is 1.00 bits per heavy atom. The number of hydrogen-bond donors (Lipinski definition) is 3. The summed E-state index contributed by atoms with van der Waals surface area (Å²) >= 11 is 0. The molecule has 40 heavy (non-hydrogen) atoms. The number of hydrogen-bond acceptors (Lipinski definition) is 5. The SMILES string of the molecule is COC(=O)N1CC[C@@H](NC(=O)[C@@H](N)Cc2c(C)cc(O)cc2C)c2cc(Cc3ccc4ccccc4c3)ccc21. The number of ether oxygens (including phenoxy) is 1. The highest BCUT2D eigenvalue weighted by molar-refractivity contribution is 5.90. The third-order valence-electron chi connectivity index (χ3n) is 7.77. The number of fused-ring (bicyclic) bond motifs is 2. The average molecular weight is 538 g/mol. The third kappa shape index (κ3) is 5.65. The summed E-state index contributed by atoms with van der Waals surface area (Å²) in [5, 5.41) is 15.4. The van der Waals surface area contributed by atoms with Crippen LogP contribution in [-0.2, 0) is 22.4 Å². The molecule has 206 valence electrons. The zero-order chi connectivity index (χ0) is 28.4. The number of aromatic hydroxyl groups is 1. The fraction of sp³-hybridized carbons (Fsp3) is 0.273. The fourth-order valence-electron chi connectivity index (χ4n) is 5.69. The van der Waals surface area contributed by atoms with Gasteiger partial charge in [0.1, 0.15) is 5.75 Å². The first-order chi connectivity index (χ1) is 19.2. The number of carbonyl (C=O) groups is 2. The van der Waals surface area contributed by atoms with E-state index in [1.807, 2.05) is 38.1 Å². The fourth-order valence-corrected chi connectivity index (χ4v) is 5.69. The standard InChI is InChI=1S/C33H35N3O4/c1-20-14-26(37)15-21(2)27(20)19-29(34)32(38)35-30-12-13-36(33(39)40-3)31-11-9-23(18-28(30)31)16-22-8-10-24-6-4-5-7-25(24)17-22/h4-11,14-15,17-18,29-30,37H,12-13,16,19,34H2,1-3H3,(H,35,38)/t29-,30+/m0/s1. The molecule has 4 aromatic rings. The van der Waals surface area contributed by atoms with Gasteiger partial charge in [-0.3, -0.25) is 9.69 Å². The van der Waals surface area contributed by atoms with Crippen molar-refractivity contribution in [3.8, 4) is 5.75 Å². The molecule has 7 heteroatoms. The van der Waals surface area contributed by atoms with Gasteiger partial charge in [0.15, 0.2) is 0 Å². The molecule has 1 aliphatic rings. The molecule has 4 aromatic carbocycles. The predicted octanol–water partition coefficient (Wildman–Crippen LogP) is 5.46. The average Bonchev–Trinajstić information content (AvgIpc) is 2.94. The number of nitrogens with one attached hydrogen (secondary N) is 1. The Kier molecular flexibility index (Phi) is 7.76. The lowest BCUT2D eigenvalue weighted by molar-refractivity contribution is -0.123. The molecular formula is C33H35N3O4. The zero-order valence-corrected chi connectivity index (χ0v) is 23.1. The Balaban J connectivity index is 1.39. The molecule has 0 saturated carbocycles. The van der Waals surface area contributed by atoms with Crippen LogP contribution >= 0.6 is 0 Å². The number of nitrogens with zero attached hydrogens (tertiary/aromatic N) is 1. The summed E-state index contributed by atoms with van der Waals surface area (Å²) in [7, 11) is 1.37. The number of anilines is 1. The number of phenolic OH excluding ortho intramolecular Hbond substituents is 1. The van der Waals surface area contributed by atoms with E-state index in [1.165, 1.54) is 23.4 Å². The Bertz CT molecular complexity index is 1560. The van der Waals surface area contributed by atoms with E-state index in [1.54, 1.807) is 17.0 Å². The molecular weight excluding hydrogens is 502 g/mol. The molecule has 0 fully saturated rings. The van der Waals surface area contributed by atoms with Crippen LogP contribution in [0.3, 0.4) is 0 Å². The molecule has 1 heterocycles. The number of nitrogens with two attached hydrogens (primary N) is 1. The number of phenols is 1. The Morgan fingerprint density at radius 2 is 1.68 bits per heavy atom. The van der Waals surface area contributed by atoms with E-state index >= 15 is 0 Å². The van der Waals surface area contributed by atoms with E-state index in [0.29, 0.717) is 19.4 Å². The maximum atomic E-state index is 13.3. The highest BCUT2D eigenvalue weighted by Crippen LogP contribution is 2.36. The van der Waals surface area contributed by atoms with Gasteiger partial charge in [-0.15, -0.1) is 0 Å². The zero-order valence-electron chi connectivity index (χ0n) is 23.1. The van der Waals surface area contributed by atoms with E-state index in [9.17, 15) is 14.7 Å². The van der Waals surface area contributed by atoms with Crippen molar-refractivity contribution in [3.63, 3.8) is 0 Å². The molecule has 4 N–H and O–H groups in total. The van der Waals surface area contributed by atoms with Gasteiger partial charge < -0.3 is 20.9 Å². The lowest BCUT2D eigenvalue weighted by atomic mass is 9.91. The highest BCUT2D eigenvalue weighted by Gasteiger charge is 2.31. The normalized spacial score (nSPS) is 15.4. The minimum Gasteiger partial charge on any atom is -0.508 e. The maximum Gasteiger partial charge on any atom is 0.414 e. The van der Waals surface area contributed by atoms with Crippen molar-refractivity contribution in [3.05, 3.63) is 106 Å². The summed E-state index contributed by atoms with van der Waals surface area (Å²) in [5.74, 6) is -0.0560. The predicted molar refractivity (Wildman–Crippen MR) is 158 cm³/mol. The largest absolute Gasteiger partial charge is 0.508 e. The van der Waals surface area contributed by atoms with Crippen molar-refractivity contribution in [1.29, 1.82) is 0 Å². The summed E-state index contributed by atoms with van der Waals surface area (Å²) in [6.45, 7) is 4.23. The van der Waals surface area contributed by atoms with E-state index < -0.39 is 12.1 Å². The van der Waals surface area contributed by atoms with Crippen molar-refractivity contribution in [1.82, 2.24) is 5.32 Å². The van der Waals surface area contributed by atoms with Crippen LogP contribution in [0.4, 0.5) is 10.5 Å². The van der Waals surface area contributed by atoms with E-state index in [2.05, 4.69) is 41.7 Å². The molecule has 2 atom stereocenters. The van der Waals surface area contributed by atoms with Gasteiger partial charge in [0.25, 0.3) is 0 Å². The smallest absolute Gasteiger partial charge is 0.414 e. The maximum absolute atomic E-state index is 13.3. The van der Waals surface area contributed by atoms with Gasteiger partial charge in [0, 0.05) is 6.54 Å². The van der Waals surface area contributed by atoms with Crippen LogP contribution in [0.15, 0.2) is 72.8 Å². The molecule has 0 radical (unpaired) electrons. The Labute approximate surface area is 234 Å². The second-order valence-corrected chi connectivity index (χ2v) is 10.6. The number of amides is 2.